The Kier molecular flexibility index (Phi) is 10.9. The van der Waals surface area contributed by atoms with Gasteiger partial charge < -0.3 is 20.5 Å². The van der Waals surface area contributed by atoms with Crippen molar-refractivity contribution in [3.05, 3.63) is 75.1 Å². The maximum atomic E-state index is 12.3. The van der Waals surface area contributed by atoms with Crippen LogP contribution in [0.5, 0.6) is 0 Å². The number of nitrogens with one attached hydrogen (secondary N) is 2. The number of aromatic nitrogens is 2. The molecule has 1 aromatic carbocycles. The van der Waals surface area contributed by atoms with Gasteiger partial charge in [-0.3, -0.25) is 14.9 Å². The number of aliphatic hydroxyl groups is 1. The van der Waals surface area contributed by atoms with Crippen LogP contribution in [0.2, 0.25) is 0 Å². The molecule has 12 nitrogen and oxygen atoms in total. The number of benzene rings is 1. The van der Waals surface area contributed by atoms with Gasteiger partial charge in [0.15, 0.2) is 0 Å². The highest BCUT2D eigenvalue weighted by Gasteiger charge is 2.33. The summed E-state index contributed by atoms with van der Waals surface area (Å²) in [7, 11) is 0. The third-order valence-electron chi connectivity index (χ3n) is 5.77. The van der Waals surface area contributed by atoms with E-state index in [1.165, 1.54) is 12.2 Å². The van der Waals surface area contributed by atoms with E-state index in [0.717, 1.165) is 24.8 Å². The van der Waals surface area contributed by atoms with Crippen molar-refractivity contribution in [3.8, 4) is 0 Å². The summed E-state index contributed by atoms with van der Waals surface area (Å²) in [5, 5.41) is 33.8. The van der Waals surface area contributed by atoms with Crippen LogP contribution < -0.4 is 10.6 Å². The number of esters is 1. The lowest BCUT2D eigenvalue weighted by molar-refractivity contribution is -0.376. The maximum Gasteiger partial charge on any atom is 0.337 e. The van der Waals surface area contributed by atoms with E-state index in [1.54, 1.807) is 31.2 Å². The SMILES string of the molecule is CCOC(=O)C(/C=C/c1ccc(NC(=O)CCCCCNC2CC=C([N+](=O)[O-])c3nonc32)cc1)=C/CO. The van der Waals surface area contributed by atoms with E-state index < -0.39 is 10.9 Å². The highest BCUT2D eigenvalue weighted by Crippen LogP contribution is 2.30. The molecule has 0 aliphatic heterocycles. The molecular weight excluding hydrogens is 494 g/mol. The number of nitro groups is 1. The van der Waals surface area contributed by atoms with Crippen LogP contribution in [-0.4, -0.2) is 52.0 Å². The van der Waals surface area contributed by atoms with Crippen molar-refractivity contribution in [1.29, 1.82) is 0 Å². The molecule has 0 bridgehead atoms. The van der Waals surface area contributed by atoms with Crippen molar-refractivity contribution >= 4 is 29.3 Å². The van der Waals surface area contributed by atoms with Crippen molar-refractivity contribution in [2.24, 2.45) is 0 Å². The molecule has 1 amide bonds. The molecule has 0 spiro atoms. The number of amides is 1. The number of hydrogen-bond acceptors (Lipinski definition) is 10. The standard InChI is InChI=1S/C26H31N5O7/c1-2-37-26(34)19(15-17-32)10-7-18-8-11-20(12-9-18)28-23(33)6-4-3-5-16-27-21-13-14-22(31(35)36)25-24(21)29-38-30-25/h7-12,14-15,21,27,32H,2-6,13,16-17H2,1H3,(H,28,33)/b10-7+,19-15+. The highest BCUT2D eigenvalue weighted by molar-refractivity contribution is 5.93. The quantitative estimate of drug-likeness (QED) is 0.0829. The summed E-state index contributed by atoms with van der Waals surface area (Å²) < 4.78 is 9.65. The molecule has 1 aliphatic carbocycles. The molecule has 1 atom stereocenters. The Bertz CT molecular complexity index is 1200. The number of fused-ring (bicyclic) bond motifs is 1. The second-order valence-corrected chi connectivity index (χ2v) is 8.46. The summed E-state index contributed by atoms with van der Waals surface area (Å²) in [6, 6.07) is 6.98. The van der Waals surface area contributed by atoms with Crippen molar-refractivity contribution in [2.45, 2.75) is 45.1 Å². The molecule has 38 heavy (non-hydrogen) atoms. The van der Waals surface area contributed by atoms with Crippen molar-refractivity contribution in [1.82, 2.24) is 15.6 Å². The monoisotopic (exact) mass is 525 g/mol. The van der Waals surface area contributed by atoms with Gasteiger partial charge in [0.2, 0.25) is 11.6 Å². The van der Waals surface area contributed by atoms with Crippen LogP contribution >= 0.6 is 0 Å². The van der Waals surface area contributed by atoms with Crippen LogP contribution in [0, 0.1) is 10.1 Å². The summed E-state index contributed by atoms with van der Waals surface area (Å²) in [5.74, 6) is -0.587. The number of ether oxygens (including phenoxy) is 1. The molecule has 1 unspecified atom stereocenters. The van der Waals surface area contributed by atoms with Gasteiger partial charge in [-0.05, 0) is 73.8 Å². The Morgan fingerprint density at radius 3 is 2.74 bits per heavy atom. The molecule has 3 N–H and O–H groups in total. The number of rotatable bonds is 14. The third kappa shape index (κ3) is 8.18. The molecule has 1 aromatic heterocycles. The van der Waals surface area contributed by atoms with Gasteiger partial charge in [0.05, 0.1) is 29.8 Å². The molecule has 12 heteroatoms. The van der Waals surface area contributed by atoms with E-state index in [2.05, 4.69) is 20.9 Å². The molecule has 202 valence electrons. The van der Waals surface area contributed by atoms with E-state index in [9.17, 15) is 19.7 Å². The van der Waals surface area contributed by atoms with Gasteiger partial charge in [0.25, 0.3) is 5.70 Å². The first kappa shape index (κ1) is 28.4. The van der Waals surface area contributed by atoms with Gasteiger partial charge in [-0.25, -0.2) is 9.42 Å². The Labute approximate surface area is 219 Å². The van der Waals surface area contributed by atoms with Crippen LogP contribution in [0.3, 0.4) is 0 Å². The third-order valence-corrected chi connectivity index (χ3v) is 5.77. The lowest BCUT2D eigenvalue weighted by atomic mass is 10.00. The van der Waals surface area contributed by atoms with Crippen LogP contribution in [0.15, 0.2) is 52.7 Å². The minimum Gasteiger partial charge on any atom is -0.462 e. The average molecular weight is 526 g/mol. The zero-order valence-electron chi connectivity index (χ0n) is 21.1. The molecule has 0 radical (unpaired) electrons. The summed E-state index contributed by atoms with van der Waals surface area (Å²) in [4.78, 5) is 34.8. The number of carbonyl (C=O) groups is 2. The predicted molar refractivity (Wildman–Crippen MR) is 139 cm³/mol. The van der Waals surface area contributed by atoms with E-state index in [4.69, 9.17) is 14.5 Å². The first-order chi connectivity index (χ1) is 18.4. The van der Waals surface area contributed by atoms with Crippen LogP contribution in [0.25, 0.3) is 11.8 Å². The molecular formula is C26H31N5O7. The summed E-state index contributed by atoms with van der Waals surface area (Å²) in [6.45, 7) is 2.35. The number of carbonyl (C=O) groups excluding carboxylic acids is 2. The Morgan fingerprint density at radius 2 is 2.03 bits per heavy atom. The van der Waals surface area contributed by atoms with Gasteiger partial charge in [-0.2, -0.15) is 0 Å². The van der Waals surface area contributed by atoms with Crippen molar-refractivity contribution in [3.63, 3.8) is 0 Å². The van der Waals surface area contributed by atoms with E-state index in [0.29, 0.717) is 30.8 Å². The molecule has 0 saturated heterocycles. The van der Waals surface area contributed by atoms with Gasteiger partial charge >= 0.3 is 5.97 Å². The Morgan fingerprint density at radius 1 is 1.24 bits per heavy atom. The van der Waals surface area contributed by atoms with Crippen molar-refractivity contribution < 1.29 is 29.0 Å². The van der Waals surface area contributed by atoms with Gasteiger partial charge in [0.1, 0.15) is 5.69 Å². The van der Waals surface area contributed by atoms with Crippen molar-refractivity contribution in [2.75, 3.05) is 25.1 Å². The zero-order chi connectivity index (χ0) is 27.3. The minimum absolute atomic E-state index is 0.0835. The van der Waals surface area contributed by atoms with Crippen LogP contribution in [0.1, 0.15) is 62.0 Å². The largest absolute Gasteiger partial charge is 0.462 e. The second-order valence-electron chi connectivity index (χ2n) is 8.46. The number of aliphatic hydroxyl groups excluding tert-OH is 1. The predicted octanol–water partition coefficient (Wildman–Crippen LogP) is 3.42. The fourth-order valence-corrected chi connectivity index (χ4v) is 3.86. The first-order valence-corrected chi connectivity index (χ1v) is 12.4. The topological polar surface area (TPSA) is 170 Å². The molecule has 1 aliphatic rings. The normalized spacial score (nSPS) is 15.2. The second kappa shape index (κ2) is 14.5. The first-order valence-electron chi connectivity index (χ1n) is 12.4. The van der Waals surface area contributed by atoms with Crippen LogP contribution in [-0.2, 0) is 14.3 Å². The molecule has 0 saturated carbocycles. The Balaban J connectivity index is 1.35. The summed E-state index contributed by atoms with van der Waals surface area (Å²) >= 11 is 0. The minimum atomic E-state index is -0.503. The Hall–Kier alpha value is -4.16. The molecule has 2 aromatic rings. The number of nitrogens with zero attached hydrogens (tertiary/aromatic N) is 3. The van der Waals surface area contributed by atoms with E-state index in [1.807, 2.05) is 12.1 Å². The molecule has 3 rings (SSSR count). The average Bonchev–Trinajstić information content (AvgIpc) is 3.39. The molecule has 1 heterocycles. The fraction of sp³-hybridized carbons (Fsp3) is 0.385. The van der Waals surface area contributed by atoms with Gasteiger partial charge in [-0.1, -0.05) is 29.8 Å². The number of unbranched alkanes of at least 4 members (excludes halogenated alkanes) is 2. The maximum absolute atomic E-state index is 12.3. The summed E-state index contributed by atoms with van der Waals surface area (Å²) in [6.07, 6.45) is 9.39. The summed E-state index contributed by atoms with van der Waals surface area (Å²) in [5.41, 5.74) is 2.28. The molecule has 0 fully saturated rings. The lowest BCUT2D eigenvalue weighted by Crippen LogP contribution is -2.26. The van der Waals surface area contributed by atoms with Crippen LogP contribution in [0.4, 0.5) is 5.69 Å². The van der Waals surface area contributed by atoms with Gasteiger partial charge in [-0.15, -0.1) is 0 Å². The number of hydrogen-bond donors (Lipinski definition) is 3. The zero-order valence-corrected chi connectivity index (χ0v) is 21.1. The smallest absolute Gasteiger partial charge is 0.337 e. The van der Waals surface area contributed by atoms with E-state index in [-0.39, 0.29) is 42.1 Å². The lowest BCUT2D eigenvalue weighted by Gasteiger charge is -2.17. The number of anilines is 1. The fourth-order valence-electron chi connectivity index (χ4n) is 3.86. The van der Waals surface area contributed by atoms with Gasteiger partial charge in [0, 0.05) is 12.1 Å². The van der Waals surface area contributed by atoms with E-state index >= 15 is 0 Å². The highest BCUT2D eigenvalue weighted by atomic mass is 16.6.